The number of carbonyl (C=O) groups is 2. The van der Waals surface area contributed by atoms with Crippen molar-refractivity contribution in [3.05, 3.63) is 16.4 Å². The first kappa shape index (κ1) is 14.5. The lowest BCUT2D eigenvalue weighted by molar-refractivity contribution is -0.156. The third-order valence-electron chi connectivity index (χ3n) is 2.68. The standard InChI is InChI=1S/C11H15ClN2O4/c1-4-7-9(12)8(14(2)13-7)5-6(10(15)16)11(17)18-3/h6H,4-5H2,1-3H3,(H,15,16). The minimum Gasteiger partial charge on any atom is -0.481 e. The van der Waals surface area contributed by atoms with Crippen LogP contribution >= 0.6 is 11.6 Å². The van der Waals surface area contributed by atoms with E-state index in [1.807, 2.05) is 6.92 Å². The van der Waals surface area contributed by atoms with E-state index in [0.29, 0.717) is 22.8 Å². The zero-order valence-electron chi connectivity index (χ0n) is 10.4. The van der Waals surface area contributed by atoms with E-state index < -0.39 is 17.9 Å². The lowest BCUT2D eigenvalue weighted by Gasteiger charge is -2.10. The molecule has 0 saturated carbocycles. The molecule has 7 heteroatoms. The number of aromatic nitrogens is 2. The van der Waals surface area contributed by atoms with Gasteiger partial charge in [0.15, 0.2) is 5.92 Å². The predicted octanol–water partition coefficient (Wildman–Crippen LogP) is 1.05. The zero-order chi connectivity index (χ0) is 13.9. The van der Waals surface area contributed by atoms with E-state index in [4.69, 9.17) is 16.7 Å². The topological polar surface area (TPSA) is 81.4 Å². The number of nitrogens with zero attached hydrogens (tertiary/aromatic N) is 2. The van der Waals surface area contributed by atoms with Crippen LogP contribution in [0.25, 0.3) is 0 Å². The minimum atomic E-state index is -1.27. The maximum absolute atomic E-state index is 11.4. The number of ether oxygens (including phenoxy) is 1. The summed E-state index contributed by atoms with van der Waals surface area (Å²) in [6.45, 7) is 1.90. The number of carbonyl (C=O) groups excluding carboxylic acids is 1. The van der Waals surface area contributed by atoms with Crippen LogP contribution in [0.4, 0.5) is 0 Å². The van der Waals surface area contributed by atoms with Gasteiger partial charge >= 0.3 is 11.9 Å². The number of rotatable bonds is 5. The molecular weight excluding hydrogens is 260 g/mol. The van der Waals surface area contributed by atoms with Crippen LogP contribution in [0.2, 0.25) is 5.02 Å². The van der Waals surface area contributed by atoms with Gasteiger partial charge in [-0.15, -0.1) is 0 Å². The fraction of sp³-hybridized carbons (Fsp3) is 0.545. The van der Waals surface area contributed by atoms with Gasteiger partial charge in [-0.25, -0.2) is 0 Å². The molecule has 0 spiro atoms. The summed E-state index contributed by atoms with van der Waals surface area (Å²) in [4.78, 5) is 22.4. The summed E-state index contributed by atoms with van der Waals surface area (Å²) in [5.41, 5.74) is 1.20. The molecule has 100 valence electrons. The van der Waals surface area contributed by atoms with Gasteiger partial charge in [0.25, 0.3) is 0 Å². The van der Waals surface area contributed by atoms with Crippen molar-refractivity contribution in [3.8, 4) is 0 Å². The lowest BCUT2D eigenvalue weighted by atomic mass is 10.0. The predicted molar refractivity (Wildman–Crippen MR) is 64.4 cm³/mol. The van der Waals surface area contributed by atoms with Crippen LogP contribution in [0.5, 0.6) is 0 Å². The number of aliphatic carboxylic acids is 1. The Morgan fingerprint density at radius 2 is 2.17 bits per heavy atom. The van der Waals surface area contributed by atoms with Gasteiger partial charge in [-0.05, 0) is 6.42 Å². The van der Waals surface area contributed by atoms with Gasteiger partial charge in [-0.1, -0.05) is 18.5 Å². The molecule has 1 rings (SSSR count). The van der Waals surface area contributed by atoms with E-state index in [0.717, 1.165) is 7.11 Å². The monoisotopic (exact) mass is 274 g/mol. The molecule has 0 aromatic carbocycles. The van der Waals surface area contributed by atoms with Gasteiger partial charge in [0.1, 0.15) is 0 Å². The molecule has 0 saturated heterocycles. The molecule has 0 fully saturated rings. The molecule has 1 unspecified atom stereocenters. The highest BCUT2D eigenvalue weighted by Gasteiger charge is 2.30. The molecular formula is C11H15ClN2O4. The summed E-state index contributed by atoms with van der Waals surface area (Å²) in [6, 6.07) is 0. The van der Waals surface area contributed by atoms with Crippen molar-refractivity contribution in [2.45, 2.75) is 19.8 Å². The van der Waals surface area contributed by atoms with Crippen molar-refractivity contribution in [3.63, 3.8) is 0 Å². The average molecular weight is 275 g/mol. The molecule has 0 amide bonds. The van der Waals surface area contributed by atoms with Gasteiger partial charge in [0, 0.05) is 13.5 Å². The van der Waals surface area contributed by atoms with E-state index in [-0.39, 0.29) is 6.42 Å². The Morgan fingerprint density at radius 1 is 1.56 bits per heavy atom. The van der Waals surface area contributed by atoms with Crippen LogP contribution in [0.1, 0.15) is 18.3 Å². The number of carboxylic acid groups (broad SMARTS) is 1. The largest absolute Gasteiger partial charge is 0.481 e. The quantitative estimate of drug-likeness (QED) is 0.641. The van der Waals surface area contributed by atoms with Crippen LogP contribution in [0, 0.1) is 5.92 Å². The Balaban J connectivity index is 3.04. The van der Waals surface area contributed by atoms with Crippen molar-refractivity contribution in [2.24, 2.45) is 13.0 Å². The summed E-state index contributed by atoms with van der Waals surface area (Å²) in [5.74, 6) is -3.30. The van der Waals surface area contributed by atoms with Crippen LogP contribution in [0.15, 0.2) is 0 Å². The first-order valence-corrected chi connectivity index (χ1v) is 5.81. The summed E-state index contributed by atoms with van der Waals surface area (Å²) >= 11 is 6.10. The SMILES string of the molecule is CCc1nn(C)c(CC(C(=O)O)C(=O)OC)c1Cl. The number of methoxy groups -OCH3 is 1. The van der Waals surface area contributed by atoms with Crippen molar-refractivity contribution in [1.82, 2.24) is 9.78 Å². The molecule has 18 heavy (non-hydrogen) atoms. The van der Waals surface area contributed by atoms with E-state index in [1.165, 1.54) is 4.68 Å². The molecule has 0 aliphatic carbocycles. The maximum Gasteiger partial charge on any atom is 0.320 e. The number of esters is 1. The maximum atomic E-state index is 11.4. The molecule has 0 aliphatic rings. The average Bonchev–Trinajstić information content (AvgIpc) is 2.60. The van der Waals surface area contributed by atoms with Gasteiger partial charge < -0.3 is 9.84 Å². The molecule has 1 aromatic heterocycles. The number of carboxylic acids is 1. The number of hydrogen-bond acceptors (Lipinski definition) is 4. The molecule has 6 nitrogen and oxygen atoms in total. The van der Waals surface area contributed by atoms with Crippen molar-refractivity contribution >= 4 is 23.5 Å². The second-order valence-corrected chi connectivity index (χ2v) is 4.18. The molecule has 1 N–H and O–H groups in total. The summed E-state index contributed by atoms with van der Waals surface area (Å²) in [5, 5.41) is 13.6. The molecule has 0 bridgehead atoms. The van der Waals surface area contributed by atoms with Gasteiger partial charge in [-0.2, -0.15) is 5.10 Å². The second-order valence-electron chi connectivity index (χ2n) is 3.80. The highest BCUT2D eigenvalue weighted by molar-refractivity contribution is 6.32. The van der Waals surface area contributed by atoms with Crippen molar-refractivity contribution in [1.29, 1.82) is 0 Å². The minimum absolute atomic E-state index is 0.0374. The van der Waals surface area contributed by atoms with Gasteiger partial charge in [0.05, 0.1) is 23.5 Å². The summed E-state index contributed by atoms with van der Waals surface area (Å²) in [6.07, 6.45) is 0.604. The molecule has 1 heterocycles. The molecule has 0 radical (unpaired) electrons. The number of hydrogen-bond donors (Lipinski definition) is 1. The normalized spacial score (nSPS) is 12.2. The molecule has 0 aliphatic heterocycles. The van der Waals surface area contributed by atoms with E-state index in [2.05, 4.69) is 9.84 Å². The first-order chi connectivity index (χ1) is 8.42. The smallest absolute Gasteiger partial charge is 0.320 e. The summed E-state index contributed by atoms with van der Waals surface area (Å²) < 4.78 is 5.97. The van der Waals surface area contributed by atoms with Crippen LogP contribution in [-0.4, -0.2) is 33.9 Å². The fourth-order valence-corrected chi connectivity index (χ4v) is 2.02. The summed E-state index contributed by atoms with van der Waals surface area (Å²) in [7, 11) is 2.82. The zero-order valence-corrected chi connectivity index (χ0v) is 11.2. The first-order valence-electron chi connectivity index (χ1n) is 5.43. The van der Waals surface area contributed by atoms with Crippen LogP contribution in [0.3, 0.4) is 0 Å². The van der Waals surface area contributed by atoms with Gasteiger partial charge in [0.2, 0.25) is 0 Å². The number of aryl methyl sites for hydroxylation is 2. The van der Waals surface area contributed by atoms with Crippen LogP contribution < -0.4 is 0 Å². The highest BCUT2D eigenvalue weighted by Crippen LogP contribution is 2.24. The highest BCUT2D eigenvalue weighted by atomic mass is 35.5. The second kappa shape index (κ2) is 5.86. The Labute approximate surface area is 109 Å². The Hall–Kier alpha value is -1.56. The van der Waals surface area contributed by atoms with Crippen molar-refractivity contribution in [2.75, 3.05) is 7.11 Å². The van der Waals surface area contributed by atoms with Crippen LogP contribution in [-0.2, 0) is 34.2 Å². The third-order valence-corrected chi connectivity index (χ3v) is 3.12. The van der Waals surface area contributed by atoms with Crippen molar-refractivity contribution < 1.29 is 19.4 Å². The Morgan fingerprint density at radius 3 is 2.56 bits per heavy atom. The third kappa shape index (κ3) is 2.81. The van der Waals surface area contributed by atoms with E-state index in [1.54, 1.807) is 7.05 Å². The fourth-order valence-electron chi connectivity index (χ4n) is 1.65. The van der Waals surface area contributed by atoms with E-state index >= 15 is 0 Å². The molecule has 1 atom stereocenters. The Bertz CT molecular complexity index is 470. The molecule has 1 aromatic rings. The van der Waals surface area contributed by atoms with Gasteiger partial charge in [-0.3, -0.25) is 14.3 Å². The lowest BCUT2D eigenvalue weighted by Crippen LogP contribution is -2.28. The number of halogens is 1. The Kier molecular flexibility index (Phi) is 4.72. The van der Waals surface area contributed by atoms with E-state index in [9.17, 15) is 9.59 Å².